The second kappa shape index (κ2) is 11.0. The van der Waals surface area contributed by atoms with Crippen LogP contribution < -0.4 is 9.47 Å². The van der Waals surface area contributed by atoms with Crippen LogP contribution in [0, 0.1) is 12.8 Å². The molecule has 1 fully saturated rings. The van der Waals surface area contributed by atoms with E-state index in [2.05, 4.69) is 46.1 Å². The summed E-state index contributed by atoms with van der Waals surface area (Å²) >= 11 is 1.63. The molecule has 0 radical (unpaired) electrons. The molecule has 1 saturated heterocycles. The average Bonchev–Trinajstić information content (AvgIpc) is 2.82. The zero-order chi connectivity index (χ0) is 22.3. The molecule has 0 amide bonds. The van der Waals surface area contributed by atoms with Crippen molar-refractivity contribution in [1.82, 2.24) is 14.9 Å². The molecule has 6 nitrogen and oxygen atoms in total. The molecule has 2 aromatic carbocycles. The van der Waals surface area contributed by atoms with Gasteiger partial charge in [0, 0.05) is 29.5 Å². The molecule has 170 valence electrons. The van der Waals surface area contributed by atoms with E-state index in [9.17, 15) is 5.11 Å². The van der Waals surface area contributed by atoms with Crippen LogP contribution in [0.1, 0.15) is 24.8 Å². The summed E-state index contributed by atoms with van der Waals surface area (Å²) in [6.45, 7) is 6.14. The van der Waals surface area contributed by atoms with E-state index in [-0.39, 0.29) is 0 Å². The lowest BCUT2D eigenvalue weighted by Crippen LogP contribution is -2.35. The van der Waals surface area contributed by atoms with Gasteiger partial charge in [-0.1, -0.05) is 29.5 Å². The Hall–Kier alpha value is -2.35. The first-order valence-electron chi connectivity index (χ1n) is 11.2. The summed E-state index contributed by atoms with van der Waals surface area (Å²) < 4.78 is 11.7. The molecular formula is C25H31N3O3S. The molecule has 0 spiro atoms. The number of aliphatic hydroxyl groups excluding tert-OH is 1. The van der Waals surface area contributed by atoms with Gasteiger partial charge in [-0.2, -0.15) is 0 Å². The second-order valence-electron chi connectivity index (χ2n) is 8.29. The molecule has 0 saturated carbocycles. The van der Waals surface area contributed by atoms with Crippen molar-refractivity contribution >= 4 is 22.7 Å². The molecule has 1 aromatic heterocycles. The standard InChI is InChI=1S/C25H31N3O3S/c1-18-5-3-6-20(13-18)32-25-21-14-24(23(30-2)15-22(21)26-17-27-25)31-12-4-9-28-10-7-19(16-29)8-11-28/h3,5-6,13-15,17,19,29H,4,7-12,16H2,1-2H3. The van der Waals surface area contributed by atoms with Crippen LogP contribution in [0.25, 0.3) is 10.9 Å². The SMILES string of the molecule is COc1cc2ncnc(Sc3cccc(C)c3)c2cc1OCCCN1CCC(CO)CC1. The predicted octanol–water partition coefficient (Wildman–Crippen LogP) is 4.57. The topological polar surface area (TPSA) is 67.7 Å². The van der Waals surface area contributed by atoms with Crippen LogP contribution in [0.3, 0.4) is 0 Å². The second-order valence-corrected chi connectivity index (χ2v) is 9.35. The Balaban J connectivity index is 1.44. The maximum atomic E-state index is 9.30. The lowest BCUT2D eigenvalue weighted by molar-refractivity contribution is 0.126. The summed E-state index contributed by atoms with van der Waals surface area (Å²) in [5.41, 5.74) is 2.06. The van der Waals surface area contributed by atoms with Gasteiger partial charge in [-0.15, -0.1) is 0 Å². The molecule has 1 aliphatic heterocycles. The third-order valence-corrected chi connectivity index (χ3v) is 6.94. The monoisotopic (exact) mass is 453 g/mol. The first kappa shape index (κ1) is 22.8. The van der Waals surface area contributed by atoms with Gasteiger partial charge >= 0.3 is 0 Å². The van der Waals surface area contributed by atoms with E-state index in [0.717, 1.165) is 65.5 Å². The Labute approximate surface area is 194 Å². The van der Waals surface area contributed by atoms with Crippen molar-refractivity contribution in [2.24, 2.45) is 5.92 Å². The van der Waals surface area contributed by atoms with Crippen molar-refractivity contribution in [3.8, 4) is 11.5 Å². The minimum atomic E-state index is 0.312. The first-order valence-corrected chi connectivity index (χ1v) is 12.0. The number of ether oxygens (including phenoxy) is 2. The van der Waals surface area contributed by atoms with E-state index < -0.39 is 0 Å². The molecule has 1 aliphatic rings. The number of benzene rings is 2. The quantitative estimate of drug-likeness (QED) is 0.376. The van der Waals surface area contributed by atoms with Crippen LogP contribution in [0.15, 0.2) is 52.6 Å². The Kier molecular flexibility index (Phi) is 7.84. The molecule has 3 aromatic rings. The number of likely N-dealkylation sites (tertiary alicyclic amines) is 1. The lowest BCUT2D eigenvalue weighted by Gasteiger charge is -2.30. The molecule has 2 heterocycles. The van der Waals surface area contributed by atoms with Crippen LogP contribution in [-0.2, 0) is 0 Å². The van der Waals surface area contributed by atoms with Gasteiger partial charge in [0.1, 0.15) is 11.4 Å². The van der Waals surface area contributed by atoms with Gasteiger partial charge in [0.05, 0.1) is 19.2 Å². The van der Waals surface area contributed by atoms with Crippen molar-refractivity contribution in [1.29, 1.82) is 0 Å². The van der Waals surface area contributed by atoms with E-state index >= 15 is 0 Å². The average molecular weight is 454 g/mol. The summed E-state index contributed by atoms with van der Waals surface area (Å²) in [7, 11) is 1.66. The van der Waals surface area contributed by atoms with Crippen molar-refractivity contribution < 1.29 is 14.6 Å². The fraction of sp³-hybridized carbons (Fsp3) is 0.440. The fourth-order valence-electron chi connectivity index (χ4n) is 4.05. The lowest BCUT2D eigenvalue weighted by atomic mass is 9.98. The Morgan fingerprint density at radius 2 is 1.97 bits per heavy atom. The van der Waals surface area contributed by atoms with Gasteiger partial charge < -0.3 is 19.5 Å². The van der Waals surface area contributed by atoms with Crippen LogP contribution in [0.4, 0.5) is 0 Å². The van der Waals surface area contributed by atoms with Crippen molar-refractivity contribution in [3.05, 3.63) is 48.3 Å². The van der Waals surface area contributed by atoms with E-state index in [0.29, 0.717) is 24.9 Å². The van der Waals surface area contributed by atoms with Gasteiger partial charge in [0.25, 0.3) is 0 Å². The van der Waals surface area contributed by atoms with Gasteiger partial charge in [-0.25, -0.2) is 9.97 Å². The van der Waals surface area contributed by atoms with Gasteiger partial charge in [-0.3, -0.25) is 0 Å². The van der Waals surface area contributed by atoms with Crippen LogP contribution in [0.5, 0.6) is 11.5 Å². The van der Waals surface area contributed by atoms with Crippen LogP contribution >= 0.6 is 11.8 Å². The number of piperidine rings is 1. The number of aromatic nitrogens is 2. The van der Waals surface area contributed by atoms with Gasteiger partial charge in [0.15, 0.2) is 11.5 Å². The number of hydrogen-bond acceptors (Lipinski definition) is 7. The molecule has 0 bridgehead atoms. The summed E-state index contributed by atoms with van der Waals surface area (Å²) in [5, 5.41) is 11.2. The summed E-state index contributed by atoms with van der Waals surface area (Å²) in [6, 6.07) is 12.3. The third kappa shape index (κ3) is 5.71. The third-order valence-electron chi connectivity index (χ3n) is 5.93. The van der Waals surface area contributed by atoms with Crippen molar-refractivity contribution in [3.63, 3.8) is 0 Å². The highest BCUT2D eigenvalue weighted by Crippen LogP contribution is 2.37. The normalized spacial score (nSPS) is 15.2. The Morgan fingerprint density at radius 1 is 1.12 bits per heavy atom. The van der Waals surface area contributed by atoms with Crippen molar-refractivity contribution in [2.45, 2.75) is 36.1 Å². The molecule has 4 rings (SSSR count). The highest BCUT2D eigenvalue weighted by atomic mass is 32.2. The number of aryl methyl sites for hydroxylation is 1. The van der Waals surface area contributed by atoms with E-state index in [1.54, 1.807) is 25.2 Å². The molecule has 0 unspecified atom stereocenters. The van der Waals surface area contributed by atoms with E-state index in [1.807, 2.05) is 12.1 Å². The largest absolute Gasteiger partial charge is 0.493 e. The number of hydrogen-bond donors (Lipinski definition) is 1. The molecule has 7 heteroatoms. The van der Waals surface area contributed by atoms with Crippen LogP contribution in [-0.4, -0.2) is 59.9 Å². The highest BCUT2D eigenvalue weighted by Gasteiger charge is 2.18. The summed E-state index contributed by atoms with van der Waals surface area (Å²) in [5.74, 6) is 1.88. The highest BCUT2D eigenvalue weighted by molar-refractivity contribution is 7.99. The van der Waals surface area contributed by atoms with E-state index in [4.69, 9.17) is 9.47 Å². The zero-order valence-corrected chi connectivity index (χ0v) is 19.6. The van der Waals surface area contributed by atoms with Gasteiger partial charge in [-0.05, 0) is 63.4 Å². The predicted molar refractivity (Wildman–Crippen MR) is 128 cm³/mol. The van der Waals surface area contributed by atoms with Gasteiger partial charge in [0.2, 0.25) is 0 Å². The number of aliphatic hydroxyl groups is 1. The number of fused-ring (bicyclic) bond motifs is 1. The van der Waals surface area contributed by atoms with E-state index in [1.165, 1.54) is 5.56 Å². The molecule has 0 atom stereocenters. The smallest absolute Gasteiger partial charge is 0.162 e. The van der Waals surface area contributed by atoms with Crippen molar-refractivity contribution in [2.75, 3.05) is 40.0 Å². The number of rotatable bonds is 9. The molecule has 32 heavy (non-hydrogen) atoms. The maximum absolute atomic E-state index is 9.30. The molecule has 0 aliphatic carbocycles. The number of methoxy groups -OCH3 is 1. The minimum absolute atomic E-state index is 0.312. The van der Waals surface area contributed by atoms with Crippen LogP contribution in [0.2, 0.25) is 0 Å². The summed E-state index contributed by atoms with van der Waals surface area (Å²) in [6.07, 6.45) is 4.70. The zero-order valence-electron chi connectivity index (χ0n) is 18.8. The molecule has 1 N–H and O–H groups in total. The maximum Gasteiger partial charge on any atom is 0.162 e. The number of nitrogens with zero attached hydrogens (tertiary/aromatic N) is 3. The Morgan fingerprint density at radius 3 is 2.72 bits per heavy atom. The molecular weight excluding hydrogens is 422 g/mol. The minimum Gasteiger partial charge on any atom is -0.493 e. The fourth-order valence-corrected chi connectivity index (χ4v) is 5.04. The first-order chi connectivity index (χ1) is 15.7. The Bertz CT molecular complexity index is 1040. The summed E-state index contributed by atoms with van der Waals surface area (Å²) in [4.78, 5) is 12.6.